The van der Waals surface area contributed by atoms with Crippen LogP contribution in [0.1, 0.15) is 16.1 Å². The second kappa shape index (κ2) is 5.63. The Balaban J connectivity index is 2.31. The maximum atomic E-state index is 13.3. The van der Waals surface area contributed by atoms with Crippen molar-refractivity contribution in [2.45, 2.75) is 13.5 Å². The third-order valence-corrected chi connectivity index (χ3v) is 4.00. The molecular weight excluding hydrogens is 281 g/mol. The second-order valence-corrected chi connectivity index (χ2v) is 5.62. The normalized spacial score (nSPS) is 10.5. The molecule has 0 radical (unpaired) electrons. The minimum Gasteiger partial charge on any atom is -0.389 e. The summed E-state index contributed by atoms with van der Waals surface area (Å²) in [6.07, 6.45) is 0. The van der Waals surface area contributed by atoms with Crippen LogP contribution < -0.4 is 10.6 Å². The Labute approximate surface area is 120 Å². The van der Waals surface area contributed by atoms with Crippen molar-refractivity contribution in [2.24, 2.45) is 5.73 Å². The van der Waals surface area contributed by atoms with Gasteiger partial charge in [0.1, 0.15) is 10.8 Å². The summed E-state index contributed by atoms with van der Waals surface area (Å²) in [5.41, 5.74) is 9.86. The monoisotopic (exact) mass is 295 g/mol. The lowest BCUT2D eigenvalue weighted by Gasteiger charge is -2.21. The lowest BCUT2D eigenvalue weighted by molar-refractivity contribution is 0.627. The van der Waals surface area contributed by atoms with Crippen molar-refractivity contribution in [3.05, 3.63) is 45.7 Å². The summed E-state index contributed by atoms with van der Waals surface area (Å²) >= 11 is 6.58. The van der Waals surface area contributed by atoms with Gasteiger partial charge in [0, 0.05) is 23.2 Å². The first-order chi connectivity index (χ1) is 8.99. The predicted molar refractivity (Wildman–Crippen MR) is 81.2 cm³/mol. The van der Waals surface area contributed by atoms with Crippen molar-refractivity contribution >= 4 is 34.2 Å². The van der Waals surface area contributed by atoms with Gasteiger partial charge in [0.05, 0.1) is 17.7 Å². The Morgan fingerprint density at radius 2 is 2.26 bits per heavy atom. The molecule has 0 aliphatic carbocycles. The van der Waals surface area contributed by atoms with Gasteiger partial charge in [-0.25, -0.2) is 9.37 Å². The maximum absolute atomic E-state index is 13.3. The van der Waals surface area contributed by atoms with Gasteiger partial charge in [-0.3, -0.25) is 0 Å². The van der Waals surface area contributed by atoms with Crippen LogP contribution in [0.3, 0.4) is 0 Å². The van der Waals surface area contributed by atoms with E-state index >= 15 is 0 Å². The average molecular weight is 295 g/mol. The second-order valence-electron chi connectivity index (χ2n) is 4.24. The Kier molecular flexibility index (Phi) is 4.11. The van der Waals surface area contributed by atoms with Gasteiger partial charge in [-0.15, -0.1) is 11.3 Å². The molecule has 0 amide bonds. The average Bonchev–Trinajstić information content (AvgIpc) is 2.74. The number of nitrogens with two attached hydrogens (primary N) is 1. The van der Waals surface area contributed by atoms with E-state index in [1.54, 1.807) is 17.4 Å². The van der Waals surface area contributed by atoms with Crippen LogP contribution in [-0.4, -0.2) is 17.0 Å². The molecule has 0 atom stereocenters. The molecule has 19 heavy (non-hydrogen) atoms. The van der Waals surface area contributed by atoms with Gasteiger partial charge in [0.15, 0.2) is 0 Å². The van der Waals surface area contributed by atoms with E-state index in [4.69, 9.17) is 18.0 Å². The Hall–Kier alpha value is -1.53. The first-order valence-electron chi connectivity index (χ1n) is 5.68. The lowest BCUT2D eigenvalue weighted by Crippen LogP contribution is -2.21. The quantitative estimate of drug-likeness (QED) is 0.881. The molecule has 2 N–H and O–H groups in total. The topological polar surface area (TPSA) is 42.2 Å². The number of hydrogen-bond donors (Lipinski definition) is 1. The predicted octanol–water partition coefficient (Wildman–Crippen LogP) is 2.86. The van der Waals surface area contributed by atoms with Crippen molar-refractivity contribution in [1.29, 1.82) is 0 Å². The third kappa shape index (κ3) is 3.08. The number of aryl methyl sites for hydroxylation is 1. The number of thiazole rings is 1. The standard InChI is InChI=1S/C13H14FN3S2/c1-8-12(19-7-16-8)6-17(2)11-4-3-9(14)5-10(11)13(15)18/h3-5,7H,6H2,1-2H3,(H2,15,18). The highest BCUT2D eigenvalue weighted by Gasteiger charge is 2.13. The van der Waals surface area contributed by atoms with Crippen LogP contribution in [0.5, 0.6) is 0 Å². The van der Waals surface area contributed by atoms with E-state index in [9.17, 15) is 4.39 Å². The SMILES string of the molecule is Cc1ncsc1CN(C)c1ccc(F)cc1C(N)=S. The molecule has 0 saturated carbocycles. The summed E-state index contributed by atoms with van der Waals surface area (Å²) in [4.78, 5) is 7.57. The highest BCUT2D eigenvalue weighted by Crippen LogP contribution is 2.24. The van der Waals surface area contributed by atoms with Gasteiger partial charge in [-0.05, 0) is 25.1 Å². The highest BCUT2D eigenvalue weighted by atomic mass is 32.1. The number of aromatic nitrogens is 1. The van der Waals surface area contributed by atoms with Crippen LogP contribution in [0.2, 0.25) is 0 Å². The minimum absolute atomic E-state index is 0.197. The fourth-order valence-corrected chi connectivity index (χ4v) is 2.81. The zero-order valence-corrected chi connectivity index (χ0v) is 12.3. The van der Waals surface area contributed by atoms with Crippen LogP contribution in [0.15, 0.2) is 23.7 Å². The fourth-order valence-electron chi connectivity index (χ4n) is 1.82. The highest BCUT2D eigenvalue weighted by molar-refractivity contribution is 7.80. The number of anilines is 1. The molecule has 1 aromatic carbocycles. The van der Waals surface area contributed by atoms with Crippen molar-refractivity contribution < 1.29 is 4.39 Å². The van der Waals surface area contributed by atoms with E-state index in [2.05, 4.69) is 4.98 Å². The molecule has 0 bridgehead atoms. The smallest absolute Gasteiger partial charge is 0.124 e. The summed E-state index contributed by atoms with van der Waals surface area (Å²) in [6, 6.07) is 4.47. The van der Waals surface area contributed by atoms with Crippen LogP contribution in [0.25, 0.3) is 0 Å². The maximum Gasteiger partial charge on any atom is 0.124 e. The van der Waals surface area contributed by atoms with E-state index in [-0.39, 0.29) is 10.8 Å². The summed E-state index contributed by atoms with van der Waals surface area (Å²) in [7, 11) is 1.92. The molecule has 6 heteroatoms. The number of nitrogens with zero attached hydrogens (tertiary/aromatic N) is 2. The molecular formula is C13H14FN3S2. The first kappa shape index (κ1) is 13.9. The molecule has 0 aliphatic heterocycles. The molecule has 0 unspecified atom stereocenters. The Morgan fingerprint density at radius 1 is 1.53 bits per heavy atom. The number of thiocarbonyl (C=S) groups is 1. The largest absolute Gasteiger partial charge is 0.389 e. The van der Waals surface area contributed by atoms with Gasteiger partial charge in [-0.1, -0.05) is 12.2 Å². The Bertz CT molecular complexity index is 610. The molecule has 1 heterocycles. The molecule has 0 aliphatic rings. The summed E-state index contributed by atoms with van der Waals surface area (Å²) in [5, 5.41) is 0. The van der Waals surface area contributed by atoms with E-state index in [0.717, 1.165) is 11.4 Å². The third-order valence-electron chi connectivity index (χ3n) is 2.86. The zero-order valence-electron chi connectivity index (χ0n) is 10.7. The van der Waals surface area contributed by atoms with Gasteiger partial charge >= 0.3 is 0 Å². The first-order valence-corrected chi connectivity index (χ1v) is 6.97. The van der Waals surface area contributed by atoms with E-state index in [0.29, 0.717) is 12.1 Å². The molecule has 0 fully saturated rings. The summed E-state index contributed by atoms with van der Waals surface area (Å²) in [6.45, 7) is 2.66. The summed E-state index contributed by atoms with van der Waals surface area (Å²) < 4.78 is 13.3. The van der Waals surface area contributed by atoms with Crippen LogP contribution >= 0.6 is 23.6 Å². The molecule has 100 valence electrons. The Morgan fingerprint density at radius 3 is 2.84 bits per heavy atom. The van der Waals surface area contributed by atoms with Crippen molar-refractivity contribution in [3.63, 3.8) is 0 Å². The molecule has 2 aromatic rings. The van der Waals surface area contributed by atoms with Crippen LogP contribution in [0, 0.1) is 12.7 Å². The van der Waals surface area contributed by atoms with Gasteiger partial charge in [-0.2, -0.15) is 0 Å². The summed E-state index contributed by atoms with van der Waals surface area (Å²) in [5.74, 6) is -0.339. The fraction of sp³-hybridized carbons (Fsp3) is 0.231. The van der Waals surface area contributed by atoms with E-state index in [1.807, 2.05) is 24.4 Å². The molecule has 2 rings (SSSR count). The van der Waals surface area contributed by atoms with Crippen molar-refractivity contribution in [1.82, 2.24) is 4.98 Å². The number of hydrogen-bond acceptors (Lipinski definition) is 4. The van der Waals surface area contributed by atoms with Gasteiger partial charge in [0.2, 0.25) is 0 Å². The molecule has 3 nitrogen and oxygen atoms in total. The van der Waals surface area contributed by atoms with Gasteiger partial charge in [0.25, 0.3) is 0 Å². The van der Waals surface area contributed by atoms with Crippen LogP contribution in [-0.2, 0) is 6.54 Å². The van der Waals surface area contributed by atoms with E-state index < -0.39 is 0 Å². The number of benzene rings is 1. The number of rotatable bonds is 4. The van der Waals surface area contributed by atoms with E-state index in [1.165, 1.54) is 17.0 Å². The molecule has 1 aromatic heterocycles. The van der Waals surface area contributed by atoms with Crippen LogP contribution in [0.4, 0.5) is 10.1 Å². The molecule has 0 spiro atoms. The van der Waals surface area contributed by atoms with Gasteiger partial charge < -0.3 is 10.6 Å². The number of halogens is 1. The van der Waals surface area contributed by atoms with Crippen molar-refractivity contribution in [3.8, 4) is 0 Å². The zero-order chi connectivity index (χ0) is 14.0. The van der Waals surface area contributed by atoms with Crippen molar-refractivity contribution in [2.75, 3.05) is 11.9 Å². The lowest BCUT2D eigenvalue weighted by atomic mass is 10.1. The minimum atomic E-state index is -0.339. The molecule has 0 saturated heterocycles.